The van der Waals surface area contributed by atoms with Gasteiger partial charge in [0, 0.05) is 5.92 Å². The fourth-order valence-corrected chi connectivity index (χ4v) is 2.17. The molecule has 0 spiro atoms. The van der Waals surface area contributed by atoms with Crippen molar-refractivity contribution in [2.75, 3.05) is 0 Å². The first kappa shape index (κ1) is 8.37. The summed E-state index contributed by atoms with van der Waals surface area (Å²) in [5.41, 5.74) is 0.0658. The Kier molecular flexibility index (Phi) is 1.53. The normalized spacial score (nSPS) is 31.2. The van der Waals surface area contributed by atoms with Gasteiger partial charge in [-0.1, -0.05) is 19.1 Å². The molecule has 1 amide bonds. The Hall–Kier alpha value is -1.23. The molecule has 68 valence electrons. The Morgan fingerprint density at radius 2 is 2.31 bits per heavy atom. The van der Waals surface area contributed by atoms with Crippen molar-refractivity contribution in [2.45, 2.75) is 13.0 Å². The highest BCUT2D eigenvalue weighted by molar-refractivity contribution is 7.82. The van der Waals surface area contributed by atoms with Crippen LogP contribution in [0.5, 0.6) is 0 Å². The topological polar surface area (TPSA) is 57.6 Å². The average Bonchev–Trinajstić information content (AvgIpc) is 2.39. The second kappa shape index (κ2) is 2.38. The maximum Gasteiger partial charge on any atom is 0.352 e. The minimum Gasteiger partial charge on any atom is -0.477 e. The maximum absolute atomic E-state index is 11.2. The lowest BCUT2D eigenvalue weighted by Gasteiger charge is -2.37. The van der Waals surface area contributed by atoms with Crippen LogP contribution >= 0.6 is 12.2 Å². The van der Waals surface area contributed by atoms with Gasteiger partial charge in [-0.15, -0.1) is 0 Å². The van der Waals surface area contributed by atoms with Crippen molar-refractivity contribution in [3.63, 3.8) is 0 Å². The van der Waals surface area contributed by atoms with Crippen molar-refractivity contribution in [2.24, 2.45) is 5.92 Å². The number of rotatable bonds is 1. The van der Waals surface area contributed by atoms with E-state index >= 15 is 0 Å². The van der Waals surface area contributed by atoms with Crippen LogP contribution in [-0.4, -0.2) is 32.8 Å². The second-order valence-corrected chi connectivity index (χ2v) is 3.64. The van der Waals surface area contributed by atoms with Crippen LogP contribution < -0.4 is 0 Å². The van der Waals surface area contributed by atoms with Gasteiger partial charge >= 0.3 is 5.97 Å². The van der Waals surface area contributed by atoms with Crippen LogP contribution in [0.4, 0.5) is 0 Å². The summed E-state index contributed by atoms with van der Waals surface area (Å²) in [5, 5.41) is 8.75. The fraction of sp³-hybridized carbons (Fsp3) is 0.375. The Bertz CT molecular complexity index is 360. The summed E-state index contributed by atoms with van der Waals surface area (Å²) < 4.78 is 0. The molecule has 0 saturated carbocycles. The SMILES string of the molecule is CC1C=C(C(=O)O)N2C(=O)C(=S)[C@H]12. The molecule has 0 aromatic rings. The van der Waals surface area contributed by atoms with Crippen molar-refractivity contribution in [1.29, 1.82) is 0 Å². The number of thiocarbonyl (C=S) groups is 1. The van der Waals surface area contributed by atoms with E-state index in [1.165, 1.54) is 4.90 Å². The molecule has 2 aliphatic rings. The van der Waals surface area contributed by atoms with Crippen LogP contribution in [0.25, 0.3) is 0 Å². The van der Waals surface area contributed by atoms with E-state index in [2.05, 4.69) is 0 Å². The first-order valence-corrected chi connectivity index (χ1v) is 4.27. The van der Waals surface area contributed by atoms with Crippen molar-refractivity contribution >= 4 is 29.0 Å². The van der Waals surface area contributed by atoms with Crippen LogP contribution in [0, 0.1) is 5.92 Å². The molecule has 0 bridgehead atoms. The summed E-state index contributed by atoms with van der Waals surface area (Å²) in [4.78, 5) is 23.5. The van der Waals surface area contributed by atoms with Gasteiger partial charge in [0.2, 0.25) is 0 Å². The molecular weight excluding hydrogens is 190 g/mol. The molecule has 13 heavy (non-hydrogen) atoms. The standard InChI is InChI=1S/C8H7NO3S/c1-3-2-4(8(11)12)9-5(3)6(13)7(9)10/h2-3,5H,1H3,(H,11,12)/t3?,5-/m0/s1. The molecule has 1 unspecified atom stereocenters. The maximum atomic E-state index is 11.2. The van der Waals surface area contributed by atoms with Gasteiger partial charge in [0.25, 0.3) is 5.91 Å². The van der Waals surface area contributed by atoms with Gasteiger partial charge in [-0.05, 0) is 6.08 Å². The third kappa shape index (κ3) is 0.875. The molecule has 1 fully saturated rings. The van der Waals surface area contributed by atoms with Gasteiger partial charge in [-0.25, -0.2) is 4.79 Å². The van der Waals surface area contributed by atoms with Crippen molar-refractivity contribution in [1.82, 2.24) is 4.90 Å². The molecule has 2 aliphatic heterocycles. The van der Waals surface area contributed by atoms with Gasteiger partial charge in [-0.3, -0.25) is 9.69 Å². The van der Waals surface area contributed by atoms with Gasteiger partial charge in [-0.2, -0.15) is 0 Å². The lowest BCUT2D eigenvalue weighted by atomic mass is 9.94. The zero-order valence-electron chi connectivity index (χ0n) is 6.85. The third-order valence-electron chi connectivity index (χ3n) is 2.37. The van der Waals surface area contributed by atoms with Gasteiger partial charge in [0.15, 0.2) is 0 Å². The van der Waals surface area contributed by atoms with Crippen molar-refractivity contribution < 1.29 is 14.7 Å². The molecule has 4 nitrogen and oxygen atoms in total. The van der Waals surface area contributed by atoms with Crippen LogP contribution in [0.2, 0.25) is 0 Å². The summed E-state index contributed by atoms with van der Waals surface area (Å²) in [6.07, 6.45) is 1.57. The largest absolute Gasteiger partial charge is 0.477 e. The number of hydrogen-bond acceptors (Lipinski definition) is 3. The predicted molar refractivity (Wildman–Crippen MR) is 48.1 cm³/mol. The average molecular weight is 197 g/mol. The quantitative estimate of drug-likeness (QED) is 0.481. The highest BCUT2D eigenvalue weighted by atomic mass is 32.1. The van der Waals surface area contributed by atoms with Gasteiger partial charge < -0.3 is 5.11 Å². The first-order chi connectivity index (χ1) is 6.04. The minimum atomic E-state index is -1.06. The van der Waals surface area contributed by atoms with Crippen LogP contribution in [0.15, 0.2) is 11.8 Å². The Balaban J connectivity index is 2.36. The zero-order chi connectivity index (χ0) is 9.75. The summed E-state index contributed by atoms with van der Waals surface area (Å²) in [5.74, 6) is -1.38. The van der Waals surface area contributed by atoms with E-state index in [0.29, 0.717) is 4.86 Å². The molecule has 0 aromatic carbocycles. The summed E-state index contributed by atoms with van der Waals surface area (Å²) in [6, 6.07) is -0.186. The molecule has 0 aromatic heterocycles. The number of hydrogen-bond donors (Lipinski definition) is 1. The molecule has 5 heteroatoms. The van der Waals surface area contributed by atoms with Crippen LogP contribution in [0.1, 0.15) is 6.92 Å². The fourth-order valence-electron chi connectivity index (χ4n) is 1.75. The molecular formula is C8H7NO3S. The smallest absolute Gasteiger partial charge is 0.352 e. The number of carbonyl (C=O) groups is 2. The van der Waals surface area contributed by atoms with E-state index in [9.17, 15) is 9.59 Å². The molecule has 2 atom stereocenters. The predicted octanol–water partition coefficient (Wildman–Crippen LogP) is 0.185. The number of carboxylic acids is 1. The monoisotopic (exact) mass is 197 g/mol. The number of β-lactam (4-membered cyclic amide) rings is 1. The number of aliphatic carboxylic acids is 1. The first-order valence-electron chi connectivity index (χ1n) is 3.86. The van der Waals surface area contributed by atoms with E-state index < -0.39 is 5.97 Å². The minimum absolute atomic E-state index is 0.0244. The number of amides is 1. The molecule has 0 radical (unpaired) electrons. The number of nitrogens with zero attached hydrogens (tertiary/aromatic N) is 1. The summed E-state index contributed by atoms with van der Waals surface area (Å²) in [7, 11) is 0. The molecule has 2 rings (SSSR count). The summed E-state index contributed by atoms with van der Waals surface area (Å²) >= 11 is 4.84. The molecule has 1 N–H and O–H groups in total. The molecule has 0 aliphatic carbocycles. The van der Waals surface area contributed by atoms with Crippen LogP contribution in [0.3, 0.4) is 0 Å². The number of carboxylic acid groups (broad SMARTS) is 1. The van der Waals surface area contributed by atoms with Gasteiger partial charge in [0.1, 0.15) is 10.6 Å². The molecule has 1 saturated heterocycles. The lowest BCUT2D eigenvalue weighted by Crippen LogP contribution is -2.60. The highest BCUT2D eigenvalue weighted by Crippen LogP contribution is 2.35. The van der Waals surface area contributed by atoms with Crippen molar-refractivity contribution in [3.05, 3.63) is 11.8 Å². The van der Waals surface area contributed by atoms with E-state index in [1.807, 2.05) is 6.92 Å². The lowest BCUT2D eigenvalue weighted by molar-refractivity contribution is -0.139. The number of carbonyl (C=O) groups excluding carboxylic acids is 1. The second-order valence-electron chi connectivity index (χ2n) is 3.20. The highest BCUT2D eigenvalue weighted by Gasteiger charge is 2.52. The van der Waals surface area contributed by atoms with Gasteiger partial charge in [0.05, 0.1) is 6.04 Å². The Morgan fingerprint density at radius 1 is 1.69 bits per heavy atom. The molecule has 2 heterocycles. The zero-order valence-corrected chi connectivity index (χ0v) is 7.67. The van der Waals surface area contributed by atoms with E-state index in [-0.39, 0.29) is 23.6 Å². The Labute approximate surface area is 79.8 Å². The van der Waals surface area contributed by atoms with E-state index in [1.54, 1.807) is 6.08 Å². The van der Waals surface area contributed by atoms with Crippen molar-refractivity contribution in [3.8, 4) is 0 Å². The van der Waals surface area contributed by atoms with Crippen LogP contribution in [-0.2, 0) is 9.59 Å². The summed E-state index contributed by atoms with van der Waals surface area (Å²) in [6.45, 7) is 1.85. The van der Waals surface area contributed by atoms with E-state index in [0.717, 1.165) is 0 Å². The third-order valence-corrected chi connectivity index (χ3v) is 2.79. The van der Waals surface area contributed by atoms with E-state index in [4.69, 9.17) is 17.3 Å². The number of fused-ring (bicyclic) bond motifs is 1. The Morgan fingerprint density at radius 3 is 2.85 bits per heavy atom.